The van der Waals surface area contributed by atoms with Crippen molar-refractivity contribution in [3.8, 4) is 17.2 Å². The van der Waals surface area contributed by atoms with Gasteiger partial charge in [0.1, 0.15) is 5.82 Å². The summed E-state index contributed by atoms with van der Waals surface area (Å²) < 4.78 is 55.2. The maximum atomic E-state index is 13.6. The lowest BCUT2D eigenvalue weighted by Gasteiger charge is -2.07. The minimum absolute atomic E-state index is 0.0485. The molecule has 0 radical (unpaired) electrons. The summed E-state index contributed by atoms with van der Waals surface area (Å²) in [7, 11) is 0. The van der Waals surface area contributed by atoms with E-state index in [0.717, 1.165) is 22.8 Å². The van der Waals surface area contributed by atoms with Crippen LogP contribution in [0.2, 0.25) is 0 Å². The number of anilines is 1. The SMILES string of the molecule is Cc1nnc(NCCSc2nonc2-c2noc(=O)n2-c2ccc(F)c(C(F)F)c2)o1. The Morgan fingerprint density at radius 1 is 1.23 bits per heavy atom. The van der Waals surface area contributed by atoms with Crippen LogP contribution in [0.5, 0.6) is 0 Å². The van der Waals surface area contributed by atoms with Gasteiger partial charge in [-0.2, -0.15) is 0 Å². The monoisotopic (exact) mass is 455 g/mol. The van der Waals surface area contributed by atoms with E-state index in [1.807, 2.05) is 0 Å². The molecule has 0 atom stereocenters. The molecule has 0 unspecified atom stereocenters. The van der Waals surface area contributed by atoms with Crippen molar-refractivity contribution < 1.29 is 26.7 Å². The van der Waals surface area contributed by atoms with E-state index in [0.29, 0.717) is 18.2 Å². The Kier molecular flexibility index (Phi) is 5.75. The molecule has 1 aromatic carbocycles. The average Bonchev–Trinajstić information content (AvgIpc) is 3.45. The Labute approximate surface area is 174 Å². The van der Waals surface area contributed by atoms with E-state index in [1.54, 1.807) is 6.92 Å². The molecule has 0 aliphatic rings. The lowest BCUT2D eigenvalue weighted by molar-refractivity contribution is 0.146. The Bertz CT molecular complexity index is 1250. The summed E-state index contributed by atoms with van der Waals surface area (Å²) in [6.07, 6.45) is -3.08. The molecule has 11 nitrogen and oxygen atoms in total. The minimum atomic E-state index is -3.08. The maximum Gasteiger partial charge on any atom is 0.446 e. The third-order valence-electron chi connectivity index (χ3n) is 3.89. The molecule has 0 aliphatic carbocycles. The van der Waals surface area contributed by atoms with E-state index >= 15 is 0 Å². The predicted octanol–water partition coefficient (Wildman–Crippen LogP) is 2.85. The summed E-state index contributed by atoms with van der Waals surface area (Å²) >= 11 is 1.20. The van der Waals surface area contributed by atoms with Gasteiger partial charge in [0.05, 0.1) is 11.3 Å². The largest absolute Gasteiger partial charge is 0.446 e. The Balaban J connectivity index is 1.56. The number of hydrogen-bond acceptors (Lipinski definition) is 11. The third kappa shape index (κ3) is 4.30. The van der Waals surface area contributed by atoms with Crippen LogP contribution in [0.4, 0.5) is 19.2 Å². The average molecular weight is 455 g/mol. The number of hydrogen-bond donors (Lipinski definition) is 1. The lowest BCUT2D eigenvalue weighted by atomic mass is 10.2. The fraction of sp³-hybridized carbons (Fsp3) is 0.250. The van der Waals surface area contributed by atoms with Crippen LogP contribution in [0, 0.1) is 12.7 Å². The van der Waals surface area contributed by atoms with E-state index in [-0.39, 0.29) is 28.2 Å². The summed E-state index contributed by atoms with van der Waals surface area (Å²) in [5.74, 6) is -1.35. The number of thioether (sulfide) groups is 1. The fourth-order valence-electron chi connectivity index (χ4n) is 2.55. The van der Waals surface area contributed by atoms with Crippen molar-refractivity contribution in [3.05, 3.63) is 46.0 Å². The van der Waals surface area contributed by atoms with Crippen molar-refractivity contribution in [2.75, 3.05) is 17.6 Å². The van der Waals surface area contributed by atoms with E-state index in [2.05, 4.69) is 35.5 Å². The predicted molar refractivity (Wildman–Crippen MR) is 98.6 cm³/mol. The quantitative estimate of drug-likeness (QED) is 0.310. The van der Waals surface area contributed by atoms with Crippen LogP contribution in [-0.2, 0) is 0 Å². The fourth-order valence-corrected chi connectivity index (χ4v) is 3.30. The molecule has 3 heterocycles. The first-order chi connectivity index (χ1) is 14.9. The van der Waals surface area contributed by atoms with Crippen LogP contribution in [0.3, 0.4) is 0 Å². The van der Waals surface area contributed by atoms with Crippen molar-refractivity contribution in [3.63, 3.8) is 0 Å². The van der Waals surface area contributed by atoms with Crippen LogP contribution in [0.15, 0.2) is 41.6 Å². The Morgan fingerprint density at radius 3 is 2.81 bits per heavy atom. The standard InChI is InChI=1S/C16H12F3N7O4S/c1-7-21-22-15(28-7)20-4-5-31-14-11(23-30-25-14)13-24-29-16(27)26(13)8-2-3-10(17)9(6-8)12(18)19/h2-3,6,12H,4-5H2,1H3,(H,20,22). The number of halogens is 3. The lowest BCUT2D eigenvalue weighted by Crippen LogP contribution is -2.14. The maximum absolute atomic E-state index is 13.6. The van der Waals surface area contributed by atoms with Gasteiger partial charge in [-0.15, -0.1) is 5.10 Å². The first-order valence-corrected chi connectivity index (χ1v) is 9.59. The molecule has 162 valence electrons. The van der Waals surface area contributed by atoms with Crippen LogP contribution in [0.1, 0.15) is 17.9 Å². The molecule has 0 saturated heterocycles. The highest BCUT2D eigenvalue weighted by molar-refractivity contribution is 7.99. The van der Waals surface area contributed by atoms with Crippen LogP contribution in [0.25, 0.3) is 17.2 Å². The van der Waals surface area contributed by atoms with Crippen molar-refractivity contribution in [1.29, 1.82) is 0 Å². The summed E-state index contributed by atoms with van der Waals surface area (Å²) in [5.41, 5.74) is -0.899. The topological polar surface area (TPSA) is 138 Å². The molecule has 3 aromatic heterocycles. The molecule has 4 aromatic rings. The summed E-state index contributed by atoms with van der Waals surface area (Å²) in [5, 5.41) is 21.8. The minimum Gasteiger partial charge on any atom is -0.408 e. The number of aromatic nitrogens is 6. The van der Waals surface area contributed by atoms with Gasteiger partial charge in [0.25, 0.3) is 6.43 Å². The number of nitrogens with one attached hydrogen (secondary N) is 1. The van der Waals surface area contributed by atoms with Gasteiger partial charge < -0.3 is 9.73 Å². The number of benzene rings is 1. The summed E-state index contributed by atoms with van der Waals surface area (Å²) in [6.45, 7) is 2.07. The van der Waals surface area contributed by atoms with Crippen molar-refractivity contribution in [2.45, 2.75) is 18.4 Å². The van der Waals surface area contributed by atoms with Crippen LogP contribution in [-0.4, -0.2) is 42.5 Å². The molecule has 1 N–H and O–H groups in total. The third-order valence-corrected chi connectivity index (χ3v) is 4.84. The van der Waals surface area contributed by atoms with Gasteiger partial charge >= 0.3 is 11.8 Å². The van der Waals surface area contributed by atoms with Crippen LogP contribution >= 0.6 is 11.8 Å². The number of aryl methyl sites for hydroxylation is 1. The summed E-state index contributed by atoms with van der Waals surface area (Å²) in [6, 6.07) is 3.05. The highest BCUT2D eigenvalue weighted by Crippen LogP contribution is 2.29. The van der Waals surface area contributed by atoms with Gasteiger partial charge in [0.15, 0.2) is 10.7 Å². The van der Waals surface area contributed by atoms with Gasteiger partial charge in [0.2, 0.25) is 11.7 Å². The van der Waals surface area contributed by atoms with E-state index in [1.165, 1.54) is 11.8 Å². The van der Waals surface area contributed by atoms with Crippen molar-refractivity contribution in [2.24, 2.45) is 0 Å². The van der Waals surface area contributed by atoms with E-state index in [9.17, 15) is 18.0 Å². The highest BCUT2D eigenvalue weighted by Gasteiger charge is 2.24. The van der Waals surface area contributed by atoms with Crippen molar-refractivity contribution in [1.82, 2.24) is 30.2 Å². The highest BCUT2D eigenvalue weighted by atomic mass is 32.2. The summed E-state index contributed by atoms with van der Waals surface area (Å²) in [4.78, 5) is 12.2. The Morgan fingerprint density at radius 2 is 2.06 bits per heavy atom. The molecular formula is C16H12F3N7O4S. The number of nitrogens with zero attached hydrogens (tertiary/aromatic N) is 6. The zero-order chi connectivity index (χ0) is 22.0. The molecule has 31 heavy (non-hydrogen) atoms. The normalized spacial score (nSPS) is 11.4. The zero-order valence-electron chi connectivity index (χ0n) is 15.6. The second-order valence-corrected chi connectivity index (χ2v) is 7.02. The van der Waals surface area contributed by atoms with Gasteiger partial charge in [-0.05, 0) is 28.5 Å². The molecule has 0 spiro atoms. The molecule has 0 saturated carbocycles. The van der Waals surface area contributed by atoms with E-state index in [4.69, 9.17) is 9.05 Å². The number of alkyl halides is 2. The second kappa shape index (κ2) is 8.63. The number of rotatable bonds is 8. The zero-order valence-corrected chi connectivity index (χ0v) is 16.4. The van der Waals surface area contributed by atoms with Gasteiger partial charge in [0, 0.05) is 19.2 Å². The first kappa shape index (κ1) is 20.6. The molecule has 0 fully saturated rings. The first-order valence-electron chi connectivity index (χ1n) is 8.60. The van der Waals surface area contributed by atoms with Crippen molar-refractivity contribution >= 4 is 17.8 Å². The second-order valence-electron chi connectivity index (χ2n) is 5.93. The molecule has 4 rings (SSSR count). The van der Waals surface area contributed by atoms with Gasteiger partial charge in [-0.1, -0.05) is 22.0 Å². The molecule has 0 bridgehead atoms. The van der Waals surface area contributed by atoms with Gasteiger partial charge in [-0.3, -0.25) is 4.52 Å². The van der Waals surface area contributed by atoms with E-state index < -0.39 is 23.6 Å². The molecule has 0 amide bonds. The smallest absolute Gasteiger partial charge is 0.408 e. The van der Waals surface area contributed by atoms with Crippen LogP contribution < -0.4 is 11.1 Å². The molecule has 15 heteroatoms. The Hall–Kier alpha value is -3.62. The molecular weight excluding hydrogens is 443 g/mol. The van der Waals surface area contributed by atoms with Gasteiger partial charge in [-0.25, -0.2) is 27.2 Å². The molecule has 0 aliphatic heterocycles.